The smallest absolute Gasteiger partial charge is 0.252 e. The van der Waals surface area contributed by atoms with Crippen LogP contribution in [0, 0.1) is 13.8 Å². The number of amides is 1. The summed E-state index contributed by atoms with van der Waals surface area (Å²) >= 11 is 1.37. The summed E-state index contributed by atoms with van der Waals surface area (Å²) in [6, 6.07) is 1.92. The minimum absolute atomic E-state index is 0.0986. The molecule has 0 fully saturated rings. The van der Waals surface area contributed by atoms with Crippen molar-refractivity contribution in [3.05, 3.63) is 34.9 Å². The van der Waals surface area contributed by atoms with Gasteiger partial charge in [-0.1, -0.05) is 0 Å². The first-order valence-corrected chi connectivity index (χ1v) is 6.89. The third-order valence-corrected chi connectivity index (χ3v) is 3.35. The topological polar surface area (TPSA) is 85.1 Å². The van der Waals surface area contributed by atoms with Crippen molar-refractivity contribution < 1.29 is 4.79 Å². The quantitative estimate of drug-likeness (QED) is 0.787. The second-order valence-corrected chi connectivity index (χ2v) is 5.24. The number of aryl methyl sites for hydroxylation is 2. The Bertz CT molecular complexity index is 764. The normalized spacial score (nSPS) is 10.9. The van der Waals surface area contributed by atoms with E-state index in [1.807, 2.05) is 19.9 Å². The molecule has 0 radical (unpaired) electrons. The summed E-state index contributed by atoms with van der Waals surface area (Å²) < 4.78 is 1.64. The second-order valence-electron chi connectivity index (χ2n) is 4.34. The lowest BCUT2D eigenvalue weighted by Crippen LogP contribution is -2.15. The molecular weight excluding hydrogens is 276 g/mol. The van der Waals surface area contributed by atoms with Crippen LogP contribution in [0.1, 0.15) is 17.2 Å². The molecule has 0 bridgehead atoms. The van der Waals surface area contributed by atoms with E-state index in [-0.39, 0.29) is 12.3 Å². The minimum atomic E-state index is -0.190. The van der Waals surface area contributed by atoms with Gasteiger partial charge < -0.3 is 5.32 Å². The fourth-order valence-corrected chi connectivity index (χ4v) is 2.42. The largest absolute Gasteiger partial charge is 0.302 e. The Morgan fingerprint density at radius 1 is 1.40 bits per heavy atom. The number of carbonyl (C=O) groups excluding carboxylic acids is 1. The van der Waals surface area contributed by atoms with E-state index in [1.165, 1.54) is 11.3 Å². The molecule has 3 aromatic heterocycles. The van der Waals surface area contributed by atoms with Gasteiger partial charge in [-0.15, -0.1) is 16.4 Å². The van der Waals surface area contributed by atoms with Crippen LogP contribution in [0.5, 0.6) is 0 Å². The van der Waals surface area contributed by atoms with Crippen LogP contribution in [0.3, 0.4) is 0 Å². The van der Waals surface area contributed by atoms with E-state index >= 15 is 0 Å². The third-order valence-electron chi connectivity index (χ3n) is 2.66. The van der Waals surface area contributed by atoms with E-state index in [1.54, 1.807) is 16.1 Å². The van der Waals surface area contributed by atoms with Gasteiger partial charge in [0.15, 0.2) is 11.0 Å². The summed E-state index contributed by atoms with van der Waals surface area (Å²) in [5.74, 6) is 0.769. The molecule has 7 nitrogen and oxygen atoms in total. The summed E-state index contributed by atoms with van der Waals surface area (Å²) in [5.41, 5.74) is 1.81. The Kier molecular flexibility index (Phi) is 3.15. The lowest BCUT2D eigenvalue weighted by molar-refractivity contribution is -0.115. The van der Waals surface area contributed by atoms with Crippen molar-refractivity contribution in [2.24, 2.45) is 0 Å². The highest BCUT2D eigenvalue weighted by Gasteiger charge is 2.12. The zero-order valence-electron chi connectivity index (χ0n) is 11.0. The fraction of sp³-hybridized carbons (Fsp3) is 0.250. The van der Waals surface area contributed by atoms with E-state index in [4.69, 9.17) is 0 Å². The zero-order valence-corrected chi connectivity index (χ0v) is 11.8. The highest BCUT2D eigenvalue weighted by Crippen LogP contribution is 2.11. The zero-order chi connectivity index (χ0) is 14.1. The average molecular weight is 288 g/mol. The van der Waals surface area contributed by atoms with Gasteiger partial charge in [-0.3, -0.25) is 4.79 Å². The Balaban J connectivity index is 1.81. The fourth-order valence-electron chi connectivity index (χ4n) is 1.87. The molecule has 102 valence electrons. The number of fused-ring (bicyclic) bond motifs is 1. The Morgan fingerprint density at radius 2 is 2.25 bits per heavy atom. The van der Waals surface area contributed by atoms with Crippen LogP contribution in [0.4, 0.5) is 5.13 Å². The molecule has 3 aromatic rings. The summed E-state index contributed by atoms with van der Waals surface area (Å²) in [7, 11) is 0. The molecule has 0 aliphatic rings. The highest BCUT2D eigenvalue weighted by molar-refractivity contribution is 7.13. The number of hydrogen-bond donors (Lipinski definition) is 1. The van der Waals surface area contributed by atoms with Gasteiger partial charge in [0, 0.05) is 23.0 Å². The van der Waals surface area contributed by atoms with E-state index in [2.05, 4.69) is 25.4 Å². The molecule has 0 spiro atoms. The van der Waals surface area contributed by atoms with E-state index in [0.717, 1.165) is 11.4 Å². The molecule has 3 rings (SSSR count). The number of carbonyl (C=O) groups is 1. The number of hydrogen-bond acceptors (Lipinski definition) is 6. The van der Waals surface area contributed by atoms with Gasteiger partial charge in [0.1, 0.15) is 0 Å². The number of nitrogens with one attached hydrogen (secondary N) is 1. The number of nitrogens with zero attached hydrogens (tertiary/aromatic N) is 5. The SMILES string of the molecule is Cc1cc(C)n2nc(CC(=O)Nc3nccs3)nc2n1. The van der Waals surface area contributed by atoms with Gasteiger partial charge in [0.2, 0.25) is 5.91 Å². The molecular formula is C12H12N6OS. The van der Waals surface area contributed by atoms with E-state index < -0.39 is 0 Å². The van der Waals surface area contributed by atoms with Crippen LogP contribution in [-0.2, 0) is 11.2 Å². The number of thiazole rings is 1. The molecule has 1 N–H and O–H groups in total. The van der Waals surface area contributed by atoms with Gasteiger partial charge >= 0.3 is 0 Å². The molecule has 0 aliphatic carbocycles. The first-order valence-electron chi connectivity index (χ1n) is 6.01. The molecule has 0 saturated carbocycles. The number of rotatable bonds is 3. The summed E-state index contributed by atoms with van der Waals surface area (Å²) in [6.45, 7) is 3.83. The van der Waals surface area contributed by atoms with E-state index in [0.29, 0.717) is 16.7 Å². The first-order chi connectivity index (χ1) is 9.61. The van der Waals surface area contributed by atoms with Crippen LogP contribution in [0.2, 0.25) is 0 Å². The van der Waals surface area contributed by atoms with Crippen LogP contribution in [0.15, 0.2) is 17.6 Å². The first kappa shape index (κ1) is 12.7. The number of aromatic nitrogens is 5. The summed E-state index contributed by atoms with van der Waals surface area (Å²) in [5, 5.41) is 9.36. The van der Waals surface area contributed by atoms with Crippen molar-refractivity contribution >= 4 is 28.2 Å². The molecule has 3 heterocycles. The van der Waals surface area contributed by atoms with Crippen molar-refractivity contribution in [3.8, 4) is 0 Å². The van der Waals surface area contributed by atoms with Gasteiger partial charge in [0.05, 0.1) is 6.42 Å². The van der Waals surface area contributed by atoms with Crippen molar-refractivity contribution in [3.63, 3.8) is 0 Å². The van der Waals surface area contributed by atoms with Gasteiger partial charge in [-0.25, -0.2) is 14.5 Å². The molecule has 0 aliphatic heterocycles. The van der Waals surface area contributed by atoms with Crippen molar-refractivity contribution in [1.82, 2.24) is 24.6 Å². The summed E-state index contributed by atoms with van der Waals surface area (Å²) in [4.78, 5) is 24.4. The molecule has 20 heavy (non-hydrogen) atoms. The van der Waals surface area contributed by atoms with Crippen molar-refractivity contribution in [2.75, 3.05) is 5.32 Å². The van der Waals surface area contributed by atoms with Crippen LogP contribution in [-0.4, -0.2) is 30.5 Å². The maximum atomic E-state index is 11.9. The Labute approximate surface area is 118 Å². The van der Waals surface area contributed by atoms with E-state index in [9.17, 15) is 4.79 Å². The van der Waals surface area contributed by atoms with Crippen LogP contribution < -0.4 is 5.32 Å². The number of anilines is 1. The van der Waals surface area contributed by atoms with Crippen LogP contribution in [0.25, 0.3) is 5.78 Å². The van der Waals surface area contributed by atoms with Gasteiger partial charge in [-0.05, 0) is 19.9 Å². The predicted octanol–water partition coefficient (Wildman–Crippen LogP) is 1.38. The Morgan fingerprint density at radius 3 is 3.00 bits per heavy atom. The second kappa shape index (κ2) is 4.97. The molecule has 0 unspecified atom stereocenters. The van der Waals surface area contributed by atoms with Crippen molar-refractivity contribution in [1.29, 1.82) is 0 Å². The molecule has 8 heteroatoms. The van der Waals surface area contributed by atoms with Gasteiger partial charge in [0.25, 0.3) is 5.78 Å². The monoisotopic (exact) mass is 288 g/mol. The highest BCUT2D eigenvalue weighted by atomic mass is 32.1. The predicted molar refractivity (Wildman–Crippen MR) is 74.7 cm³/mol. The van der Waals surface area contributed by atoms with Crippen LogP contribution >= 0.6 is 11.3 Å². The van der Waals surface area contributed by atoms with Gasteiger partial charge in [-0.2, -0.15) is 4.98 Å². The molecule has 0 atom stereocenters. The minimum Gasteiger partial charge on any atom is -0.302 e. The molecule has 1 amide bonds. The molecule has 0 saturated heterocycles. The maximum absolute atomic E-state index is 11.9. The standard InChI is InChI=1S/C12H12N6OS/c1-7-5-8(2)18-11(14-7)15-9(17-18)6-10(19)16-12-13-3-4-20-12/h3-5H,6H2,1-2H3,(H,13,16,19). The maximum Gasteiger partial charge on any atom is 0.252 e. The Hall–Kier alpha value is -2.35. The third kappa shape index (κ3) is 2.50. The lowest BCUT2D eigenvalue weighted by Gasteiger charge is -1.98. The lowest BCUT2D eigenvalue weighted by atomic mass is 10.4. The van der Waals surface area contributed by atoms with Crippen molar-refractivity contribution in [2.45, 2.75) is 20.3 Å². The molecule has 0 aromatic carbocycles. The summed E-state index contributed by atoms with van der Waals surface area (Å²) in [6.07, 6.45) is 1.74. The average Bonchev–Trinajstić information content (AvgIpc) is 2.98.